The average molecular weight is 317 g/mol. The summed E-state index contributed by atoms with van der Waals surface area (Å²) in [6, 6.07) is 6.88. The van der Waals surface area contributed by atoms with Crippen LogP contribution < -0.4 is 0 Å². The van der Waals surface area contributed by atoms with Gasteiger partial charge in [0.25, 0.3) is 0 Å². The summed E-state index contributed by atoms with van der Waals surface area (Å²) in [6.07, 6.45) is 3.19. The van der Waals surface area contributed by atoms with Crippen LogP contribution in [0.25, 0.3) is 10.9 Å². The standard InChI is InChI=1S/C16H17BrN2/c1-3-11(9-18)13-7-12-5-4-6-19-10(2)15(17)14(8-13)16(12)19/h7-8,11H,3-6H2,1-2H3. The quantitative estimate of drug-likeness (QED) is 0.791. The Balaban J connectivity index is 2.32. The van der Waals surface area contributed by atoms with Crippen molar-refractivity contribution < 1.29 is 0 Å². The van der Waals surface area contributed by atoms with Crippen molar-refractivity contribution in [2.24, 2.45) is 0 Å². The van der Waals surface area contributed by atoms with Crippen molar-refractivity contribution in [2.45, 2.75) is 45.6 Å². The molecule has 2 nitrogen and oxygen atoms in total. The third-order valence-electron chi connectivity index (χ3n) is 4.23. The van der Waals surface area contributed by atoms with Crippen LogP contribution in [0, 0.1) is 18.3 Å². The SMILES string of the molecule is CCC(C#N)c1cc2c3c(c1)c(Br)c(C)n3CCC2. The molecule has 0 aliphatic carbocycles. The van der Waals surface area contributed by atoms with Crippen LogP contribution in [0.1, 0.15) is 42.5 Å². The van der Waals surface area contributed by atoms with E-state index in [9.17, 15) is 5.26 Å². The number of nitrogens with zero attached hydrogens (tertiary/aromatic N) is 2. The van der Waals surface area contributed by atoms with Crippen LogP contribution in [0.5, 0.6) is 0 Å². The fourth-order valence-electron chi connectivity index (χ4n) is 3.19. The zero-order valence-corrected chi connectivity index (χ0v) is 12.9. The van der Waals surface area contributed by atoms with E-state index in [0.717, 1.165) is 19.4 Å². The third kappa shape index (κ3) is 1.81. The van der Waals surface area contributed by atoms with Crippen LogP contribution in [0.4, 0.5) is 0 Å². The number of hydrogen-bond acceptors (Lipinski definition) is 1. The maximum Gasteiger partial charge on any atom is 0.0710 e. The minimum atomic E-state index is 0.0122. The van der Waals surface area contributed by atoms with Gasteiger partial charge in [-0.25, -0.2) is 0 Å². The third-order valence-corrected chi connectivity index (χ3v) is 5.24. The van der Waals surface area contributed by atoms with Gasteiger partial charge >= 0.3 is 0 Å². The van der Waals surface area contributed by atoms with E-state index in [1.54, 1.807) is 0 Å². The number of benzene rings is 1. The first-order valence-corrected chi connectivity index (χ1v) is 7.67. The van der Waals surface area contributed by atoms with Crippen LogP contribution in [-0.4, -0.2) is 4.57 Å². The van der Waals surface area contributed by atoms with Gasteiger partial charge in [0.2, 0.25) is 0 Å². The molecule has 0 spiro atoms. The molecule has 0 amide bonds. The summed E-state index contributed by atoms with van der Waals surface area (Å²) in [6.45, 7) is 5.35. The molecular weight excluding hydrogens is 300 g/mol. The molecule has 0 saturated carbocycles. The second-order valence-electron chi connectivity index (χ2n) is 5.32. The number of aromatic nitrogens is 1. The average Bonchev–Trinajstić information content (AvgIpc) is 2.68. The maximum absolute atomic E-state index is 9.29. The van der Waals surface area contributed by atoms with Crippen molar-refractivity contribution in [1.29, 1.82) is 5.26 Å². The number of hydrogen-bond donors (Lipinski definition) is 0. The Kier molecular flexibility index (Phi) is 3.14. The van der Waals surface area contributed by atoms with E-state index in [1.165, 1.54) is 38.6 Å². The Morgan fingerprint density at radius 1 is 1.47 bits per heavy atom. The molecule has 1 atom stereocenters. The highest BCUT2D eigenvalue weighted by Crippen LogP contribution is 2.38. The van der Waals surface area contributed by atoms with Gasteiger partial charge in [-0.1, -0.05) is 13.0 Å². The maximum atomic E-state index is 9.29. The molecule has 1 unspecified atom stereocenters. The van der Waals surface area contributed by atoms with Gasteiger partial charge in [0.15, 0.2) is 0 Å². The first kappa shape index (κ1) is 12.7. The largest absolute Gasteiger partial charge is 0.343 e. The molecular formula is C16H17BrN2. The molecule has 2 aromatic rings. The minimum Gasteiger partial charge on any atom is -0.343 e. The second kappa shape index (κ2) is 4.68. The topological polar surface area (TPSA) is 28.7 Å². The van der Waals surface area contributed by atoms with E-state index in [1.807, 2.05) is 0 Å². The van der Waals surface area contributed by atoms with E-state index in [2.05, 4.69) is 52.5 Å². The molecule has 2 heterocycles. The van der Waals surface area contributed by atoms with Crippen LogP contribution >= 0.6 is 15.9 Å². The molecule has 0 N–H and O–H groups in total. The highest BCUT2D eigenvalue weighted by atomic mass is 79.9. The molecule has 3 heteroatoms. The lowest BCUT2D eigenvalue weighted by Gasteiger charge is -2.18. The molecule has 0 saturated heterocycles. The molecule has 98 valence electrons. The van der Waals surface area contributed by atoms with Gasteiger partial charge in [0.1, 0.15) is 0 Å². The molecule has 0 bridgehead atoms. The van der Waals surface area contributed by atoms with Crippen LogP contribution in [0.15, 0.2) is 16.6 Å². The van der Waals surface area contributed by atoms with Crippen molar-refractivity contribution in [3.8, 4) is 6.07 Å². The molecule has 1 aliphatic heterocycles. The van der Waals surface area contributed by atoms with E-state index in [4.69, 9.17) is 0 Å². The van der Waals surface area contributed by atoms with Crippen molar-refractivity contribution >= 4 is 26.8 Å². The summed E-state index contributed by atoms with van der Waals surface area (Å²) >= 11 is 3.73. The summed E-state index contributed by atoms with van der Waals surface area (Å²) in [5.74, 6) is 0.0122. The van der Waals surface area contributed by atoms with Crippen molar-refractivity contribution in [3.63, 3.8) is 0 Å². The molecule has 0 fully saturated rings. The lowest BCUT2D eigenvalue weighted by atomic mass is 9.92. The van der Waals surface area contributed by atoms with E-state index in [-0.39, 0.29) is 5.92 Å². The number of aryl methyl sites for hydroxylation is 2. The lowest BCUT2D eigenvalue weighted by molar-refractivity contribution is 0.621. The highest BCUT2D eigenvalue weighted by molar-refractivity contribution is 9.10. The molecule has 3 rings (SSSR count). The first-order chi connectivity index (χ1) is 9.17. The second-order valence-corrected chi connectivity index (χ2v) is 6.11. The van der Waals surface area contributed by atoms with Gasteiger partial charge < -0.3 is 4.57 Å². The molecule has 1 aromatic carbocycles. The Morgan fingerprint density at radius 2 is 2.26 bits per heavy atom. The molecule has 1 aromatic heterocycles. The van der Waals surface area contributed by atoms with Gasteiger partial charge in [-0.3, -0.25) is 0 Å². The van der Waals surface area contributed by atoms with Gasteiger partial charge in [-0.2, -0.15) is 5.26 Å². The van der Waals surface area contributed by atoms with E-state index < -0.39 is 0 Å². The predicted molar refractivity (Wildman–Crippen MR) is 81.3 cm³/mol. The summed E-state index contributed by atoms with van der Waals surface area (Å²) in [7, 11) is 0. The van der Waals surface area contributed by atoms with Crippen LogP contribution in [0.2, 0.25) is 0 Å². The van der Waals surface area contributed by atoms with Crippen LogP contribution in [-0.2, 0) is 13.0 Å². The monoisotopic (exact) mass is 316 g/mol. The minimum absolute atomic E-state index is 0.0122. The fourth-order valence-corrected chi connectivity index (χ4v) is 3.70. The van der Waals surface area contributed by atoms with Gasteiger partial charge in [0.05, 0.1) is 17.5 Å². The summed E-state index contributed by atoms with van der Waals surface area (Å²) in [5.41, 5.74) is 5.25. The molecule has 19 heavy (non-hydrogen) atoms. The Labute approximate surface area is 122 Å². The summed E-state index contributed by atoms with van der Waals surface area (Å²) in [5, 5.41) is 10.6. The first-order valence-electron chi connectivity index (χ1n) is 6.88. The molecule has 1 aliphatic rings. The fraction of sp³-hybridized carbons (Fsp3) is 0.438. The van der Waals surface area contributed by atoms with Gasteiger partial charge in [-0.15, -0.1) is 0 Å². The van der Waals surface area contributed by atoms with Gasteiger partial charge in [0, 0.05) is 22.1 Å². The Hall–Kier alpha value is -1.27. The van der Waals surface area contributed by atoms with E-state index in [0.29, 0.717) is 0 Å². The zero-order chi connectivity index (χ0) is 13.6. The van der Waals surface area contributed by atoms with Crippen LogP contribution in [0.3, 0.4) is 0 Å². The normalized spacial score (nSPS) is 15.5. The molecule has 0 radical (unpaired) electrons. The summed E-state index contributed by atoms with van der Waals surface area (Å²) < 4.78 is 3.61. The number of nitriles is 1. The van der Waals surface area contributed by atoms with Crippen molar-refractivity contribution in [2.75, 3.05) is 0 Å². The predicted octanol–water partition coefficient (Wildman–Crippen LogP) is 4.68. The van der Waals surface area contributed by atoms with Crippen molar-refractivity contribution in [3.05, 3.63) is 33.4 Å². The Morgan fingerprint density at radius 3 is 2.95 bits per heavy atom. The summed E-state index contributed by atoms with van der Waals surface area (Å²) in [4.78, 5) is 0. The highest BCUT2D eigenvalue weighted by Gasteiger charge is 2.21. The van der Waals surface area contributed by atoms with Gasteiger partial charge in [-0.05, 0) is 59.3 Å². The van der Waals surface area contributed by atoms with E-state index >= 15 is 0 Å². The Bertz CT molecular complexity index is 691. The smallest absolute Gasteiger partial charge is 0.0710 e. The van der Waals surface area contributed by atoms with Crippen molar-refractivity contribution in [1.82, 2.24) is 4.57 Å². The lowest BCUT2D eigenvalue weighted by Crippen LogP contribution is -2.09. The zero-order valence-electron chi connectivity index (χ0n) is 11.3. The number of halogens is 1. The number of rotatable bonds is 2.